The lowest BCUT2D eigenvalue weighted by Crippen LogP contribution is -2.51. The van der Waals surface area contributed by atoms with Gasteiger partial charge in [-0.05, 0) is 37.5 Å². The second kappa shape index (κ2) is 7.81. The Morgan fingerprint density at radius 3 is 2.76 bits per heavy atom. The van der Waals surface area contributed by atoms with E-state index in [4.69, 9.17) is 0 Å². The van der Waals surface area contributed by atoms with Gasteiger partial charge < -0.3 is 5.32 Å². The first-order valence-electron chi connectivity index (χ1n) is 9.44. The first kappa shape index (κ1) is 19.9. The highest BCUT2D eigenvalue weighted by molar-refractivity contribution is 7.89. The Balaban J connectivity index is 1.54. The van der Waals surface area contributed by atoms with Crippen LogP contribution in [0.5, 0.6) is 0 Å². The number of hydrogen-bond donors (Lipinski definition) is 1. The van der Waals surface area contributed by atoms with Crippen LogP contribution in [-0.4, -0.2) is 40.5 Å². The van der Waals surface area contributed by atoms with Gasteiger partial charge in [0.2, 0.25) is 15.9 Å². The third-order valence-corrected chi connectivity index (χ3v) is 7.79. The molecule has 0 bridgehead atoms. The Labute approximate surface area is 174 Å². The van der Waals surface area contributed by atoms with E-state index in [9.17, 15) is 13.2 Å². The quantitative estimate of drug-likeness (QED) is 0.672. The maximum atomic E-state index is 13.3. The van der Waals surface area contributed by atoms with Crippen molar-refractivity contribution in [1.82, 2.24) is 18.4 Å². The number of nitrogens with one attached hydrogen (secondary N) is 1. The van der Waals surface area contributed by atoms with Crippen LogP contribution in [0.1, 0.15) is 25.3 Å². The molecule has 1 saturated heterocycles. The first-order valence-corrected chi connectivity index (χ1v) is 11.6. The third-order valence-electron chi connectivity index (χ3n) is 5.37. The maximum Gasteiger partial charge on any atom is 0.245 e. The molecule has 29 heavy (non-hydrogen) atoms. The second-order valence-corrected chi connectivity index (χ2v) is 9.99. The Kier molecular flexibility index (Phi) is 5.37. The number of amides is 1. The summed E-state index contributed by atoms with van der Waals surface area (Å²) in [6.45, 7) is 2.79. The molecule has 0 saturated carbocycles. The average Bonchev–Trinajstić information content (AvgIpc) is 3.21. The largest absolute Gasteiger partial charge is 0.352 e. The van der Waals surface area contributed by atoms with Gasteiger partial charge in [0, 0.05) is 19.6 Å². The van der Waals surface area contributed by atoms with Crippen LogP contribution < -0.4 is 5.32 Å². The molecule has 0 radical (unpaired) electrons. The standard InChI is InChI=1S/C20H22N4O3S2/c1-20(19(25)21-13-15-7-3-2-4-8-15)11-6-12-24(14-20)29(26,27)17-10-5-9-16-18(17)23-28-22-16/h2-5,7-10H,6,11-14H2,1H3,(H,21,25). The lowest BCUT2D eigenvalue weighted by Gasteiger charge is -2.38. The fraction of sp³-hybridized carbons (Fsp3) is 0.350. The summed E-state index contributed by atoms with van der Waals surface area (Å²) in [6, 6.07) is 14.6. The summed E-state index contributed by atoms with van der Waals surface area (Å²) in [6.07, 6.45) is 1.27. The van der Waals surface area contributed by atoms with Crippen molar-refractivity contribution in [3.63, 3.8) is 0 Å². The molecule has 1 aromatic heterocycles. The zero-order valence-corrected chi connectivity index (χ0v) is 17.7. The van der Waals surface area contributed by atoms with Crippen molar-refractivity contribution in [3.8, 4) is 0 Å². The SMILES string of the molecule is CC1(C(=O)NCc2ccccc2)CCCN(S(=O)(=O)c2cccc3nsnc23)C1. The Bertz CT molecular complexity index is 1130. The van der Waals surface area contributed by atoms with Crippen molar-refractivity contribution >= 4 is 38.7 Å². The van der Waals surface area contributed by atoms with Gasteiger partial charge >= 0.3 is 0 Å². The molecule has 7 nitrogen and oxygen atoms in total. The van der Waals surface area contributed by atoms with E-state index in [-0.39, 0.29) is 17.3 Å². The molecule has 1 unspecified atom stereocenters. The van der Waals surface area contributed by atoms with E-state index in [1.54, 1.807) is 18.2 Å². The van der Waals surface area contributed by atoms with Crippen molar-refractivity contribution in [1.29, 1.82) is 0 Å². The molecule has 2 heterocycles. The van der Waals surface area contributed by atoms with Gasteiger partial charge in [0.15, 0.2) is 0 Å². The number of carbonyl (C=O) groups is 1. The fourth-order valence-corrected chi connectivity index (χ4v) is 6.06. The minimum atomic E-state index is -3.77. The van der Waals surface area contributed by atoms with Crippen LogP contribution in [0.25, 0.3) is 11.0 Å². The fourth-order valence-electron chi connectivity index (χ4n) is 3.70. The van der Waals surface area contributed by atoms with Crippen molar-refractivity contribution in [2.24, 2.45) is 5.41 Å². The van der Waals surface area contributed by atoms with Gasteiger partial charge in [-0.2, -0.15) is 13.1 Å². The smallest absolute Gasteiger partial charge is 0.245 e. The van der Waals surface area contributed by atoms with Crippen LogP contribution in [0.15, 0.2) is 53.4 Å². The lowest BCUT2D eigenvalue weighted by molar-refractivity contribution is -0.132. The molecule has 1 aliphatic heterocycles. The number of carbonyl (C=O) groups excluding carboxylic acids is 1. The summed E-state index contributed by atoms with van der Waals surface area (Å²) in [4.78, 5) is 13.1. The lowest BCUT2D eigenvalue weighted by atomic mass is 9.82. The van der Waals surface area contributed by atoms with Gasteiger partial charge in [0.25, 0.3) is 0 Å². The Morgan fingerprint density at radius 1 is 1.17 bits per heavy atom. The molecule has 1 aliphatic rings. The molecular formula is C20H22N4O3S2. The van der Waals surface area contributed by atoms with E-state index >= 15 is 0 Å². The first-order chi connectivity index (χ1) is 13.9. The summed E-state index contributed by atoms with van der Waals surface area (Å²) in [5.41, 5.74) is 1.18. The number of piperidine rings is 1. The van der Waals surface area contributed by atoms with Gasteiger partial charge in [-0.25, -0.2) is 8.42 Å². The molecule has 0 aliphatic carbocycles. The van der Waals surface area contributed by atoms with Crippen LogP contribution in [0.3, 0.4) is 0 Å². The topological polar surface area (TPSA) is 92.3 Å². The molecule has 152 valence electrons. The Hall–Kier alpha value is -2.36. The summed E-state index contributed by atoms with van der Waals surface area (Å²) in [5.74, 6) is -0.130. The van der Waals surface area contributed by atoms with E-state index in [1.165, 1.54) is 4.31 Å². The van der Waals surface area contributed by atoms with Crippen molar-refractivity contribution < 1.29 is 13.2 Å². The van der Waals surface area contributed by atoms with Gasteiger partial charge in [0.05, 0.1) is 17.1 Å². The molecule has 2 aromatic carbocycles. The number of aromatic nitrogens is 2. The van der Waals surface area contributed by atoms with Gasteiger partial charge in [0.1, 0.15) is 15.9 Å². The molecule has 1 amide bonds. The summed E-state index contributed by atoms with van der Waals surface area (Å²) in [7, 11) is -3.77. The predicted molar refractivity (Wildman–Crippen MR) is 112 cm³/mol. The highest BCUT2D eigenvalue weighted by atomic mass is 32.2. The van der Waals surface area contributed by atoms with Crippen LogP contribution >= 0.6 is 11.7 Å². The molecule has 3 aromatic rings. The van der Waals surface area contributed by atoms with E-state index in [0.29, 0.717) is 37.0 Å². The minimum Gasteiger partial charge on any atom is -0.352 e. The molecule has 1 atom stereocenters. The highest BCUT2D eigenvalue weighted by Gasteiger charge is 2.42. The molecule has 0 spiro atoms. The summed E-state index contributed by atoms with van der Waals surface area (Å²) >= 11 is 0.992. The number of hydrogen-bond acceptors (Lipinski definition) is 6. The normalized spacial score (nSPS) is 20.6. The van der Waals surface area contributed by atoms with Crippen molar-refractivity contribution in [3.05, 3.63) is 54.1 Å². The maximum absolute atomic E-state index is 13.3. The van der Waals surface area contributed by atoms with Crippen LogP contribution in [-0.2, 0) is 21.4 Å². The molecule has 4 rings (SSSR count). The number of fused-ring (bicyclic) bond motifs is 1. The van der Waals surface area contributed by atoms with Crippen molar-refractivity contribution in [2.45, 2.75) is 31.2 Å². The van der Waals surface area contributed by atoms with E-state index < -0.39 is 15.4 Å². The number of benzene rings is 2. The zero-order chi connectivity index (χ0) is 20.5. The zero-order valence-electron chi connectivity index (χ0n) is 16.0. The van der Waals surface area contributed by atoms with E-state index in [2.05, 4.69) is 14.1 Å². The van der Waals surface area contributed by atoms with Crippen LogP contribution in [0, 0.1) is 5.41 Å². The molecule has 9 heteroatoms. The summed E-state index contributed by atoms with van der Waals surface area (Å²) in [5, 5.41) is 2.97. The van der Waals surface area contributed by atoms with E-state index in [0.717, 1.165) is 17.3 Å². The highest BCUT2D eigenvalue weighted by Crippen LogP contribution is 2.34. The molecular weight excluding hydrogens is 408 g/mol. The Morgan fingerprint density at radius 2 is 1.97 bits per heavy atom. The number of sulfonamides is 1. The predicted octanol–water partition coefficient (Wildman–Crippen LogP) is 2.80. The third kappa shape index (κ3) is 3.90. The number of rotatable bonds is 5. The van der Waals surface area contributed by atoms with Crippen molar-refractivity contribution in [2.75, 3.05) is 13.1 Å². The van der Waals surface area contributed by atoms with Gasteiger partial charge in [-0.3, -0.25) is 4.79 Å². The average molecular weight is 431 g/mol. The minimum absolute atomic E-state index is 0.130. The monoisotopic (exact) mass is 430 g/mol. The molecule has 1 N–H and O–H groups in total. The van der Waals surface area contributed by atoms with Crippen LogP contribution in [0.2, 0.25) is 0 Å². The van der Waals surface area contributed by atoms with Crippen LogP contribution in [0.4, 0.5) is 0 Å². The summed E-state index contributed by atoms with van der Waals surface area (Å²) < 4.78 is 36.3. The van der Waals surface area contributed by atoms with E-state index in [1.807, 2.05) is 37.3 Å². The van der Waals surface area contributed by atoms with Gasteiger partial charge in [-0.1, -0.05) is 36.4 Å². The second-order valence-electron chi connectivity index (χ2n) is 7.56. The van der Waals surface area contributed by atoms with Gasteiger partial charge in [-0.15, -0.1) is 0 Å². The molecule has 1 fully saturated rings. The number of nitrogens with zero attached hydrogens (tertiary/aromatic N) is 3.